The Bertz CT molecular complexity index is 107. The first-order chi connectivity index (χ1) is 4.00. The van der Waals surface area contributed by atoms with Crippen molar-refractivity contribution in [2.45, 2.75) is 0 Å². The summed E-state index contributed by atoms with van der Waals surface area (Å²) in [4.78, 5) is 7.55. The van der Waals surface area contributed by atoms with Gasteiger partial charge in [-0.15, -0.1) is 0 Å². The van der Waals surface area contributed by atoms with E-state index in [1.165, 1.54) is 6.34 Å². The summed E-state index contributed by atoms with van der Waals surface area (Å²) < 4.78 is 0. The highest BCUT2D eigenvalue weighted by Gasteiger charge is 1.66. The molecule has 1 rings (SSSR count). The fraction of sp³-hybridized carbons (Fsp3) is 0. The molecule has 1 heterocycles. The molecule has 0 aliphatic carbocycles. The highest BCUT2D eigenvalue weighted by atomic mass is 14.8. The minimum Gasteiger partial charge on any atom is -0.245 e. The van der Waals surface area contributed by atoms with Crippen molar-refractivity contribution in [3.05, 3.63) is 24.4 Å². The number of hydrogen-bond acceptors (Lipinski definition) is 2. The Balaban J connectivity index is 2.67. The molecule has 0 unspecified atom stereocenters. The van der Waals surface area contributed by atoms with Crippen LogP contribution in [0.4, 0.5) is 0 Å². The van der Waals surface area contributed by atoms with Crippen LogP contribution in [0.25, 0.3) is 0 Å². The Labute approximate surface area is 48.0 Å². The van der Waals surface area contributed by atoms with E-state index in [0.717, 1.165) is 0 Å². The second-order valence-corrected chi connectivity index (χ2v) is 1.29. The molecule has 40 valence electrons. The zero-order valence-corrected chi connectivity index (χ0v) is 4.36. The van der Waals surface area contributed by atoms with Crippen LogP contribution in [-0.4, -0.2) is 12.6 Å². The van der Waals surface area contributed by atoms with Crippen LogP contribution in [0.3, 0.4) is 0 Å². The van der Waals surface area contributed by atoms with Crippen molar-refractivity contribution in [1.82, 2.24) is 0 Å². The molecule has 0 saturated heterocycles. The molecule has 0 aromatic rings. The van der Waals surface area contributed by atoms with Crippen molar-refractivity contribution in [3.8, 4) is 0 Å². The molecule has 2 nitrogen and oxygen atoms in total. The van der Waals surface area contributed by atoms with Gasteiger partial charge in [-0.2, -0.15) is 0 Å². The number of hydrogen-bond donors (Lipinski definition) is 0. The Morgan fingerprint density at radius 3 is 2.88 bits per heavy atom. The van der Waals surface area contributed by atoms with Crippen LogP contribution in [-0.2, 0) is 0 Å². The van der Waals surface area contributed by atoms with Gasteiger partial charge >= 0.3 is 0 Å². The van der Waals surface area contributed by atoms with Crippen molar-refractivity contribution < 1.29 is 0 Å². The average molecular weight is 106 g/mol. The van der Waals surface area contributed by atoms with Gasteiger partial charge in [0.15, 0.2) is 0 Å². The van der Waals surface area contributed by atoms with E-state index in [4.69, 9.17) is 0 Å². The lowest BCUT2D eigenvalue weighted by Crippen LogP contribution is -1.69. The molecule has 0 saturated carbocycles. The van der Waals surface area contributed by atoms with Gasteiger partial charge < -0.3 is 0 Å². The standard InChI is InChI=1S/C6H6N2/c1-2-4-7-6-8-5-3-1/h1-6H/b2-1-,3-1?,4-2?,5-3-,7-4-,7-6?,8-5?,8-6-. The topological polar surface area (TPSA) is 24.7 Å². The molecule has 0 spiro atoms. The van der Waals surface area contributed by atoms with Gasteiger partial charge in [0.25, 0.3) is 0 Å². The lowest BCUT2D eigenvalue weighted by Gasteiger charge is -1.77. The van der Waals surface area contributed by atoms with Crippen LogP contribution in [0.15, 0.2) is 34.4 Å². The number of allylic oxidation sites excluding steroid dienone is 3. The van der Waals surface area contributed by atoms with Gasteiger partial charge in [0, 0.05) is 12.4 Å². The third kappa shape index (κ3) is 1.51. The predicted octanol–water partition coefficient (Wildman–Crippen LogP) is 1.17. The van der Waals surface area contributed by atoms with Crippen LogP contribution in [0, 0.1) is 0 Å². The highest BCUT2D eigenvalue weighted by Crippen LogP contribution is 1.79. The molecule has 0 fully saturated rings. The van der Waals surface area contributed by atoms with Crippen molar-refractivity contribution in [2.75, 3.05) is 0 Å². The van der Waals surface area contributed by atoms with Gasteiger partial charge in [0.05, 0.1) is 0 Å². The van der Waals surface area contributed by atoms with E-state index in [0.29, 0.717) is 0 Å². The molecule has 0 atom stereocenters. The maximum atomic E-state index is 3.78. The van der Waals surface area contributed by atoms with E-state index < -0.39 is 0 Å². The average Bonchev–Trinajstić information content (AvgIpc) is 1.62. The first-order valence-corrected chi connectivity index (χ1v) is 2.37. The molecule has 2 heteroatoms. The number of rotatable bonds is 0. The number of nitrogens with zero attached hydrogens (tertiary/aromatic N) is 2. The van der Waals surface area contributed by atoms with E-state index >= 15 is 0 Å². The largest absolute Gasteiger partial charge is 0.245 e. The van der Waals surface area contributed by atoms with Gasteiger partial charge in [0.2, 0.25) is 0 Å². The summed E-state index contributed by atoms with van der Waals surface area (Å²) in [5.41, 5.74) is 0. The second kappa shape index (κ2) is 2.91. The van der Waals surface area contributed by atoms with Gasteiger partial charge in [-0.1, -0.05) is 6.08 Å². The summed E-state index contributed by atoms with van der Waals surface area (Å²) >= 11 is 0. The molecule has 8 heavy (non-hydrogen) atoms. The number of aliphatic imine (C=N–C) groups is 2. The first-order valence-electron chi connectivity index (χ1n) is 2.37. The Hall–Kier alpha value is -1.18. The normalized spacial score (nSPS) is 32.0. The predicted molar refractivity (Wildman–Crippen MR) is 35.3 cm³/mol. The maximum Gasteiger partial charge on any atom is 0.115 e. The van der Waals surface area contributed by atoms with Crippen LogP contribution in [0.1, 0.15) is 0 Å². The molecule has 0 bridgehead atoms. The SMILES string of the molecule is C1=C\C=N/C=N\C=C/1. The Morgan fingerprint density at radius 1 is 0.875 bits per heavy atom. The molecule has 0 N–H and O–H groups in total. The molecule has 0 aromatic heterocycles. The molecule has 0 radical (unpaired) electrons. The van der Waals surface area contributed by atoms with Crippen molar-refractivity contribution in [3.63, 3.8) is 0 Å². The van der Waals surface area contributed by atoms with E-state index in [1.807, 2.05) is 18.2 Å². The van der Waals surface area contributed by atoms with E-state index in [9.17, 15) is 0 Å². The molecule has 0 aromatic carbocycles. The molecule has 1 aliphatic heterocycles. The third-order valence-electron chi connectivity index (χ3n) is 0.700. The van der Waals surface area contributed by atoms with Crippen molar-refractivity contribution >= 4 is 12.6 Å². The molecular weight excluding hydrogens is 100 g/mol. The smallest absolute Gasteiger partial charge is 0.115 e. The first kappa shape index (κ1) is 4.97. The van der Waals surface area contributed by atoms with Crippen LogP contribution >= 0.6 is 0 Å². The monoisotopic (exact) mass is 106 g/mol. The summed E-state index contributed by atoms with van der Waals surface area (Å²) in [6.07, 6.45) is 10.4. The Kier molecular flexibility index (Phi) is 1.80. The van der Waals surface area contributed by atoms with Gasteiger partial charge in [-0.05, 0) is 12.2 Å². The second-order valence-electron chi connectivity index (χ2n) is 1.29. The summed E-state index contributed by atoms with van der Waals surface area (Å²) in [5.74, 6) is 0. The summed E-state index contributed by atoms with van der Waals surface area (Å²) in [7, 11) is 0. The fourth-order valence-electron chi connectivity index (χ4n) is 0.378. The van der Waals surface area contributed by atoms with Crippen LogP contribution in [0.2, 0.25) is 0 Å². The highest BCUT2D eigenvalue weighted by molar-refractivity contribution is 5.80. The minimum atomic E-state index is 1.50. The lowest BCUT2D eigenvalue weighted by molar-refractivity contribution is 1.54. The van der Waals surface area contributed by atoms with Crippen molar-refractivity contribution in [2.24, 2.45) is 9.98 Å². The maximum absolute atomic E-state index is 3.78. The van der Waals surface area contributed by atoms with E-state index in [2.05, 4.69) is 9.98 Å². The van der Waals surface area contributed by atoms with E-state index in [1.54, 1.807) is 12.4 Å². The Morgan fingerprint density at radius 2 is 1.88 bits per heavy atom. The van der Waals surface area contributed by atoms with Gasteiger partial charge in [0.1, 0.15) is 6.34 Å². The summed E-state index contributed by atoms with van der Waals surface area (Å²) in [6, 6.07) is 0. The lowest BCUT2D eigenvalue weighted by atomic mass is 10.5. The zero-order chi connectivity index (χ0) is 5.66. The summed E-state index contributed by atoms with van der Waals surface area (Å²) in [6.45, 7) is 0. The van der Waals surface area contributed by atoms with Gasteiger partial charge in [-0.25, -0.2) is 9.98 Å². The van der Waals surface area contributed by atoms with Crippen LogP contribution in [0.5, 0.6) is 0 Å². The molecular formula is C6H6N2. The van der Waals surface area contributed by atoms with E-state index in [-0.39, 0.29) is 0 Å². The van der Waals surface area contributed by atoms with Crippen LogP contribution < -0.4 is 0 Å². The van der Waals surface area contributed by atoms with Crippen molar-refractivity contribution in [1.29, 1.82) is 0 Å². The summed E-state index contributed by atoms with van der Waals surface area (Å²) in [5, 5.41) is 0. The minimum absolute atomic E-state index is 1.50. The molecule has 0 amide bonds. The fourth-order valence-corrected chi connectivity index (χ4v) is 0.378. The third-order valence-corrected chi connectivity index (χ3v) is 0.700. The quantitative estimate of drug-likeness (QED) is 0.443. The van der Waals surface area contributed by atoms with Gasteiger partial charge in [-0.3, -0.25) is 0 Å². The molecule has 1 aliphatic rings. The zero-order valence-electron chi connectivity index (χ0n) is 4.36.